The van der Waals surface area contributed by atoms with Gasteiger partial charge in [-0.1, -0.05) is 155 Å². The van der Waals surface area contributed by atoms with E-state index in [9.17, 15) is 0 Å². The maximum atomic E-state index is 5.26. The highest BCUT2D eigenvalue weighted by Gasteiger charge is 2.45. The summed E-state index contributed by atoms with van der Waals surface area (Å²) < 4.78 is 0. The Hall–Kier alpha value is -5.34. The van der Waals surface area contributed by atoms with Gasteiger partial charge in [0.2, 0.25) is 0 Å². The molecule has 8 rings (SSSR count). The van der Waals surface area contributed by atoms with Crippen LogP contribution in [0, 0.1) is 0 Å². The summed E-state index contributed by atoms with van der Waals surface area (Å²) in [6, 6.07) is 52.1. The lowest BCUT2D eigenvalue weighted by atomic mass is 9.55. The summed E-state index contributed by atoms with van der Waals surface area (Å²) in [5, 5.41) is 1.05. The Bertz CT molecular complexity index is 2240. The van der Waals surface area contributed by atoms with Gasteiger partial charge in [-0.2, -0.15) is 0 Å². The molecule has 2 nitrogen and oxygen atoms in total. The van der Waals surface area contributed by atoms with Crippen molar-refractivity contribution < 1.29 is 0 Å². The third-order valence-corrected chi connectivity index (χ3v) is 10.5. The molecule has 1 heterocycles. The Morgan fingerprint density at radius 2 is 0.957 bits per heavy atom. The van der Waals surface area contributed by atoms with Gasteiger partial charge in [0, 0.05) is 16.5 Å². The smallest absolute Gasteiger partial charge is 0.160 e. The molecule has 0 unspecified atom stereocenters. The molecule has 0 atom stereocenters. The molecular weight excluding hydrogens is 556 g/mol. The van der Waals surface area contributed by atoms with E-state index in [0.29, 0.717) is 0 Å². The van der Waals surface area contributed by atoms with Crippen LogP contribution < -0.4 is 0 Å². The second kappa shape index (κ2) is 10.6. The van der Waals surface area contributed by atoms with E-state index in [1.165, 1.54) is 44.5 Å². The maximum absolute atomic E-state index is 5.26. The first-order valence-corrected chi connectivity index (χ1v) is 16.1. The first-order valence-electron chi connectivity index (χ1n) is 16.1. The van der Waals surface area contributed by atoms with E-state index in [1.807, 2.05) is 0 Å². The molecule has 7 aromatic rings. The molecule has 0 radical (unpaired) electrons. The molecule has 222 valence electrons. The minimum Gasteiger partial charge on any atom is -0.228 e. The summed E-state index contributed by atoms with van der Waals surface area (Å²) in [6.45, 7) is 9.47. The lowest BCUT2D eigenvalue weighted by molar-refractivity contribution is 0.299. The minimum absolute atomic E-state index is 0.000243. The van der Waals surface area contributed by atoms with Crippen molar-refractivity contribution in [1.29, 1.82) is 0 Å². The quantitative estimate of drug-likeness (QED) is 0.203. The average molecular weight is 593 g/mol. The summed E-state index contributed by atoms with van der Waals surface area (Å²) >= 11 is 0. The molecule has 1 aliphatic carbocycles. The van der Waals surface area contributed by atoms with Gasteiger partial charge in [-0.3, -0.25) is 0 Å². The molecule has 0 saturated heterocycles. The molecule has 6 aromatic carbocycles. The molecule has 46 heavy (non-hydrogen) atoms. The topological polar surface area (TPSA) is 25.8 Å². The number of aromatic nitrogens is 2. The van der Waals surface area contributed by atoms with Gasteiger partial charge in [0.15, 0.2) is 5.82 Å². The second-order valence-corrected chi connectivity index (χ2v) is 13.5. The van der Waals surface area contributed by atoms with E-state index in [1.54, 1.807) is 0 Å². The first kappa shape index (κ1) is 28.2. The highest BCUT2D eigenvalue weighted by Crippen LogP contribution is 2.54. The largest absolute Gasteiger partial charge is 0.228 e. The number of para-hydroxylation sites is 1. The summed E-state index contributed by atoms with van der Waals surface area (Å²) in [5.41, 5.74) is 14.1. The van der Waals surface area contributed by atoms with Crippen LogP contribution in [-0.2, 0) is 10.8 Å². The summed E-state index contributed by atoms with van der Waals surface area (Å²) in [6.07, 6.45) is 0. The molecule has 0 aliphatic heterocycles. The van der Waals surface area contributed by atoms with Crippen LogP contribution in [0.2, 0.25) is 0 Å². The van der Waals surface area contributed by atoms with Crippen molar-refractivity contribution in [2.45, 2.75) is 38.5 Å². The normalized spacial score (nSPS) is 14.4. The van der Waals surface area contributed by atoms with Crippen LogP contribution in [0.3, 0.4) is 0 Å². The predicted octanol–water partition coefficient (Wildman–Crippen LogP) is 11.5. The molecule has 0 spiro atoms. The van der Waals surface area contributed by atoms with Crippen LogP contribution in [0.25, 0.3) is 66.9 Å². The first-order chi connectivity index (χ1) is 22.3. The van der Waals surface area contributed by atoms with Crippen LogP contribution in [0.1, 0.15) is 38.8 Å². The lowest BCUT2D eigenvalue weighted by Gasteiger charge is -2.48. The molecule has 0 fully saturated rings. The number of fused-ring (bicyclic) bond motifs is 4. The van der Waals surface area contributed by atoms with Gasteiger partial charge in [-0.25, -0.2) is 9.97 Å². The summed E-state index contributed by atoms with van der Waals surface area (Å²) in [4.78, 5) is 10.4. The van der Waals surface area contributed by atoms with Crippen molar-refractivity contribution in [3.63, 3.8) is 0 Å². The highest BCUT2D eigenvalue weighted by atomic mass is 14.9. The molecule has 1 aromatic heterocycles. The van der Waals surface area contributed by atoms with Gasteiger partial charge in [0.25, 0.3) is 0 Å². The minimum atomic E-state index is -0.0347. The molecule has 2 heteroatoms. The number of hydrogen-bond acceptors (Lipinski definition) is 2. The third-order valence-electron chi connectivity index (χ3n) is 10.5. The van der Waals surface area contributed by atoms with Crippen LogP contribution in [0.5, 0.6) is 0 Å². The lowest BCUT2D eigenvalue weighted by Crippen LogP contribution is -2.43. The standard InChI is InChI=1S/C44H36N2/c1-43(2)38-19-10-8-17-35(38)37-28-34(25-26-39(37)44(43,3)4)42-45-40-20-11-9-18-36(40)41(46-42)31-23-21-30(22-24-31)33-16-12-15-32(27-33)29-13-6-5-7-14-29/h5-28H,1-4H3. The van der Waals surface area contributed by atoms with E-state index in [0.717, 1.165) is 33.5 Å². The van der Waals surface area contributed by atoms with Gasteiger partial charge in [0.05, 0.1) is 11.2 Å². The van der Waals surface area contributed by atoms with Crippen LogP contribution >= 0.6 is 0 Å². The fourth-order valence-corrected chi connectivity index (χ4v) is 7.14. The summed E-state index contributed by atoms with van der Waals surface area (Å²) in [7, 11) is 0. The molecule has 0 N–H and O–H groups in total. The van der Waals surface area contributed by atoms with Gasteiger partial charge >= 0.3 is 0 Å². The van der Waals surface area contributed by atoms with E-state index in [-0.39, 0.29) is 10.8 Å². The third kappa shape index (κ3) is 4.48. The Morgan fingerprint density at radius 1 is 0.391 bits per heavy atom. The Balaban J connectivity index is 1.22. The highest BCUT2D eigenvalue weighted by molar-refractivity contribution is 5.94. The Labute approximate surface area is 271 Å². The van der Waals surface area contributed by atoms with Crippen molar-refractivity contribution in [2.24, 2.45) is 0 Å². The fraction of sp³-hybridized carbons (Fsp3) is 0.136. The number of nitrogens with zero attached hydrogens (tertiary/aromatic N) is 2. The van der Waals surface area contributed by atoms with Crippen molar-refractivity contribution in [3.05, 3.63) is 157 Å². The van der Waals surface area contributed by atoms with Gasteiger partial charge in [0.1, 0.15) is 0 Å². The van der Waals surface area contributed by atoms with Crippen LogP contribution in [0.4, 0.5) is 0 Å². The fourth-order valence-electron chi connectivity index (χ4n) is 7.14. The molecule has 0 amide bonds. The molecule has 1 aliphatic rings. The second-order valence-electron chi connectivity index (χ2n) is 13.5. The zero-order valence-electron chi connectivity index (χ0n) is 26.8. The van der Waals surface area contributed by atoms with E-state index < -0.39 is 0 Å². The molecule has 0 saturated carbocycles. The number of rotatable bonds is 4. The van der Waals surface area contributed by atoms with Gasteiger partial charge in [-0.15, -0.1) is 0 Å². The molecule has 0 bridgehead atoms. The van der Waals surface area contributed by atoms with E-state index in [4.69, 9.17) is 9.97 Å². The monoisotopic (exact) mass is 592 g/mol. The number of hydrogen-bond donors (Lipinski definition) is 0. The van der Waals surface area contributed by atoms with Gasteiger partial charge < -0.3 is 0 Å². The van der Waals surface area contributed by atoms with Crippen LogP contribution in [-0.4, -0.2) is 9.97 Å². The van der Waals surface area contributed by atoms with Crippen molar-refractivity contribution >= 4 is 10.9 Å². The summed E-state index contributed by atoms with van der Waals surface area (Å²) in [5.74, 6) is 0.747. The predicted molar refractivity (Wildman–Crippen MR) is 193 cm³/mol. The van der Waals surface area contributed by atoms with Crippen molar-refractivity contribution in [1.82, 2.24) is 9.97 Å². The van der Waals surface area contributed by atoms with Gasteiger partial charge in [-0.05, 0) is 73.5 Å². The Morgan fingerprint density at radius 3 is 1.72 bits per heavy atom. The maximum Gasteiger partial charge on any atom is 0.160 e. The SMILES string of the molecule is CC1(C)c2ccccc2-c2cc(-c3nc(-c4ccc(-c5cccc(-c6ccccc6)c5)cc4)c4ccccc4n3)ccc2C1(C)C. The zero-order chi connectivity index (χ0) is 31.5. The van der Waals surface area contributed by atoms with Crippen LogP contribution in [0.15, 0.2) is 146 Å². The Kier molecular flexibility index (Phi) is 6.51. The van der Waals surface area contributed by atoms with E-state index >= 15 is 0 Å². The zero-order valence-corrected chi connectivity index (χ0v) is 26.8. The molecular formula is C44H36N2. The average Bonchev–Trinajstić information content (AvgIpc) is 3.11. The van der Waals surface area contributed by atoms with Crippen molar-refractivity contribution in [2.75, 3.05) is 0 Å². The van der Waals surface area contributed by atoms with Crippen molar-refractivity contribution in [3.8, 4) is 56.0 Å². The number of benzene rings is 6. The van der Waals surface area contributed by atoms with E-state index in [2.05, 4.69) is 173 Å².